The summed E-state index contributed by atoms with van der Waals surface area (Å²) in [7, 11) is 0. The number of rotatable bonds is 4. The average molecular weight is 807 g/mol. The van der Waals surface area contributed by atoms with Crippen LogP contribution in [0.15, 0.2) is 207 Å². The fourth-order valence-electron chi connectivity index (χ4n) is 10.2. The van der Waals surface area contributed by atoms with Crippen LogP contribution >= 0.6 is 11.3 Å². The van der Waals surface area contributed by atoms with Crippen molar-refractivity contribution in [2.45, 2.75) is 5.41 Å². The topological polar surface area (TPSA) is 51.6 Å². The summed E-state index contributed by atoms with van der Waals surface area (Å²) in [5.74, 6) is 1.88. The lowest BCUT2D eigenvalue weighted by Crippen LogP contribution is -2.29. The number of pyridine rings is 1. The van der Waals surface area contributed by atoms with Crippen LogP contribution in [-0.4, -0.2) is 19.9 Å². The van der Waals surface area contributed by atoms with Crippen LogP contribution in [0.4, 0.5) is 0 Å². The van der Waals surface area contributed by atoms with Crippen LogP contribution in [-0.2, 0) is 5.41 Å². The Labute approximate surface area is 362 Å². The van der Waals surface area contributed by atoms with Crippen molar-refractivity contribution >= 4 is 31.5 Å². The maximum atomic E-state index is 5.30. The van der Waals surface area contributed by atoms with E-state index in [2.05, 4.69) is 175 Å². The maximum Gasteiger partial charge on any atom is 0.164 e. The van der Waals surface area contributed by atoms with E-state index in [-0.39, 0.29) is 0 Å². The Bertz CT molecular complexity index is 3580. The van der Waals surface area contributed by atoms with Gasteiger partial charge in [-0.25, -0.2) is 15.0 Å². The first-order valence-electron chi connectivity index (χ1n) is 21.0. The summed E-state index contributed by atoms with van der Waals surface area (Å²) in [5.41, 5.74) is 16.8. The zero-order valence-corrected chi connectivity index (χ0v) is 34.1. The number of thiophene rings is 1. The summed E-state index contributed by atoms with van der Waals surface area (Å²) >= 11 is 1.88. The number of hydrogen-bond acceptors (Lipinski definition) is 5. The molecule has 13 rings (SSSR count). The van der Waals surface area contributed by atoms with Crippen LogP contribution in [0.5, 0.6) is 0 Å². The molecule has 0 amide bonds. The van der Waals surface area contributed by atoms with E-state index in [0.717, 1.165) is 27.8 Å². The van der Waals surface area contributed by atoms with E-state index in [0.29, 0.717) is 17.5 Å². The normalized spacial score (nSPS) is 14.5. The van der Waals surface area contributed by atoms with Gasteiger partial charge >= 0.3 is 0 Å². The molecule has 3 aromatic heterocycles. The predicted molar refractivity (Wildman–Crippen MR) is 254 cm³/mol. The first kappa shape index (κ1) is 34.9. The third-order valence-electron chi connectivity index (χ3n) is 12.9. The molecule has 288 valence electrons. The molecule has 0 saturated heterocycles. The molecular weight excluding hydrogens is 773 g/mol. The van der Waals surface area contributed by atoms with Gasteiger partial charge in [0.2, 0.25) is 0 Å². The zero-order chi connectivity index (χ0) is 40.8. The van der Waals surface area contributed by atoms with E-state index >= 15 is 0 Å². The zero-order valence-electron chi connectivity index (χ0n) is 33.3. The van der Waals surface area contributed by atoms with Crippen molar-refractivity contribution in [3.05, 3.63) is 229 Å². The van der Waals surface area contributed by atoms with Crippen LogP contribution in [0, 0.1) is 0 Å². The SMILES string of the molecule is c1ccc(-c2nc(-c3ccc(-c4cccnc4)cc3)nc(-c3ccc4c(c3)C3(c5ccccc5-c5ccccc5-4)c4ccccc4-c4c3ccc3sc5ccccc5c43)n2)cc1. The quantitative estimate of drug-likeness (QED) is 0.178. The van der Waals surface area contributed by atoms with E-state index in [1.807, 2.05) is 41.8 Å². The molecule has 5 heteroatoms. The summed E-state index contributed by atoms with van der Waals surface area (Å²) in [6, 6.07) is 70.3. The van der Waals surface area contributed by atoms with Gasteiger partial charge in [-0.2, -0.15) is 0 Å². The molecule has 2 aliphatic carbocycles. The summed E-state index contributed by atoms with van der Waals surface area (Å²) in [5, 5.41) is 2.63. The molecule has 0 N–H and O–H groups in total. The first-order chi connectivity index (χ1) is 30.7. The van der Waals surface area contributed by atoms with Gasteiger partial charge in [0, 0.05) is 49.3 Å². The highest BCUT2D eigenvalue weighted by molar-refractivity contribution is 7.26. The minimum absolute atomic E-state index is 0.621. The molecule has 8 aromatic carbocycles. The van der Waals surface area contributed by atoms with Crippen molar-refractivity contribution in [2.75, 3.05) is 0 Å². The summed E-state index contributed by atoms with van der Waals surface area (Å²) in [6.45, 7) is 0. The van der Waals surface area contributed by atoms with Gasteiger partial charge in [-0.1, -0.05) is 170 Å². The Balaban J connectivity index is 1.11. The highest BCUT2D eigenvalue weighted by Gasteiger charge is 2.50. The highest BCUT2D eigenvalue weighted by Crippen LogP contribution is 2.63. The number of benzene rings is 8. The second-order valence-electron chi connectivity index (χ2n) is 16.1. The summed E-state index contributed by atoms with van der Waals surface area (Å²) in [6.07, 6.45) is 3.68. The minimum atomic E-state index is -0.662. The van der Waals surface area contributed by atoms with Gasteiger partial charge in [0.15, 0.2) is 17.5 Å². The van der Waals surface area contributed by atoms with Crippen LogP contribution in [0.3, 0.4) is 0 Å². The molecule has 2 aliphatic rings. The molecule has 0 aliphatic heterocycles. The lowest BCUT2D eigenvalue weighted by Gasteiger charge is -2.35. The minimum Gasteiger partial charge on any atom is -0.264 e. The average Bonchev–Trinajstić information content (AvgIpc) is 3.85. The third kappa shape index (κ3) is 5.06. The molecule has 0 saturated carbocycles. The summed E-state index contributed by atoms with van der Waals surface area (Å²) in [4.78, 5) is 20.0. The largest absolute Gasteiger partial charge is 0.264 e. The van der Waals surface area contributed by atoms with E-state index in [4.69, 9.17) is 15.0 Å². The fourth-order valence-corrected chi connectivity index (χ4v) is 11.3. The maximum absolute atomic E-state index is 5.30. The van der Waals surface area contributed by atoms with E-state index in [1.165, 1.54) is 75.8 Å². The molecule has 0 radical (unpaired) electrons. The monoisotopic (exact) mass is 806 g/mol. The van der Waals surface area contributed by atoms with Gasteiger partial charge in [0.05, 0.1) is 5.41 Å². The first-order valence-corrected chi connectivity index (χ1v) is 21.8. The predicted octanol–water partition coefficient (Wildman–Crippen LogP) is 14.3. The number of nitrogens with zero attached hydrogens (tertiary/aromatic N) is 4. The molecule has 0 bridgehead atoms. The molecule has 11 aromatic rings. The summed E-state index contributed by atoms with van der Waals surface area (Å²) < 4.78 is 2.60. The molecule has 0 fully saturated rings. The number of fused-ring (bicyclic) bond motifs is 16. The Morgan fingerprint density at radius 2 is 0.919 bits per heavy atom. The van der Waals surface area contributed by atoms with E-state index in [9.17, 15) is 0 Å². The van der Waals surface area contributed by atoms with Gasteiger partial charge in [-0.3, -0.25) is 4.98 Å². The van der Waals surface area contributed by atoms with Crippen LogP contribution in [0.25, 0.3) is 98.8 Å². The molecular formula is C57H34N4S. The second kappa shape index (κ2) is 13.6. The van der Waals surface area contributed by atoms with Crippen molar-refractivity contribution in [3.63, 3.8) is 0 Å². The van der Waals surface area contributed by atoms with Crippen molar-refractivity contribution in [3.8, 4) is 78.7 Å². The highest BCUT2D eigenvalue weighted by atomic mass is 32.1. The molecule has 1 unspecified atom stereocenters. The second-order valence-corrected chi connectivity index (χ2v) is 17.2. The lowest BCUT2D eigenvalue weighted by molar-refractivity contribution is 0.776. The van der Waals surface area contributed by atoms with E-state index in [1.54, 1.807) is 6.20 Å². The molecule has 4 nitrogen and oxygen atoms in total. The standard InChI is InChI=1S/C57H34N4S/c1-2-13-36(14-3-1)54-59-55(37-26-24-35(25-27-37)39-15-12-32-58-34-39)61-56(60-54)38-28-29-43-41-17-5-4-16-40(41)42-18-6-9-21-46(42)57(49(43)33-38)47-22-10-7-19-44(47)52-48(57)30-31-51-53(52)45-20-8-11-23-50(45)62-51/h1-34H. The van der Waals surface area contributed by atoms with Gasteiger partial charge in [-0.15, -0.1) is 11.3 Å². The smallest absolute Gasteiger partial charge is 0.164 e. The van der Waals surface area contributed by atoms with Gasteiger partial charge < -0.3 is 0 Å². The molecule has 1 atom stereocenters. The fraction of sp³-hybridized carbons (Fsp3) is 0.0175. The van der Waals surface area contributed by atoms with Crippen molar-refractivity contribution in [2.24, 2.45) is 0 Å². The van der Waals surface area contributed by atoms with Crippen molar-refractivity contribution in [1.82, 2.24) is 19.9 Å². The number of hydrogen-bond donors (Lipinski definition) is 0. The van der Waals surface area contributed by atoms with Gasteiger partial charge in [-0.05, 0) is 91.0 Å². The third-order valence-corrected chi connectivity index (χ3v) is 14.0. The van der Waals surface area contributed by atoms with Crippen LogP contribution < -0.4 is 0 Å². The molecule has 1 spiro atoms. The Morgan fingerprint density at radius 1 is 0.355 bits per heavy atom. The van der Waals surface area contributed by atoms with E-state index < -0.39 is 5.41 Å². The van der Waals surface area contributed by atoms with Gasteiger partial charge in [0.25, 0.3) is 0 Å². The Kier molecular flexibility index (Phi) is 7.66. The van der Waals surface area contributed by atoms with Crippen molar-refractivity contribution in [1.29, 1.82) is 0 Å². The van der Waals surface area contributed by atoms with Crippen molar-refractivity contribution < 1.29 is 0 Å². The molecule has 62 heavy (non-hydrogen) atoms. The Hall–Kier alpha value is -7.86. The van der Waals surface area contributed by atoms with Crippen LogP contribution in [0.2, 0.25) is 0 Å². The van der Waals surface area contributed by atoms with Gasteiger partial charge in [0.1, 0.15) is 0 Å². The molecule has 3 heterocycles. The van der Waals surface area contributed by atoms with Crippen LogP contribution in [0.1, 0.15) is 22.3 Å². The number of aromatic nitrogens is 4. The lowest BCUT2D eigenvalue weighted by atomic mass is 9.65. The Morgan fingerprint density at radius 3 is 1.66 bits per heavy atom.